The van der Waals surface area contributed by atoms with Gasteiger partial charge in [-0.1, -0.05) is 12.1 Å². The first-order chi connectivity index (χ1) is 10.5. The van der Waals surface area contributed by atoms with Crippen LogP contribution in [0.2, 0.25) is 0 Å². The average Bonchev–Trinajstić information content (AvgIpc) is 2.52. The molecule has 0 bridgehead atoms. The van der Waals surface area contributed by atoms with Crippen LogP contribution in [0.4, 0.5) is 5.69 Å². The van der Waals surface area contributed by atoms with Gasteiger partial charge >= 0.3 is 5.97 Å². The van der Waals surface area contributed by atoms with Gasteiger partial charge in [0.25, 0.3) is 0 Å². The predicted octanol–water partition coefficient (Wildman–Crippen LogP) is 2.15. The van der Waals surface area contributed by atoms with Crippen LogP contribution in [0.1, 0.15) is 31.2 Å². The van der Waals surface area contributed by atoms with E-state index in [0.717, 1.165) is 24.1 Å². The van der Waals surface area contributed by atoms with Crippen LogP contribution < -0.4 is 4.90 Å². The van der Waals surface area contributed by atoms with E-state index in [1.165, 1.54) is 0 Å². The number of piperidine rings is 1. The van der Waals surface area contributed by atoms with Gasteiger partial charge in [-0.15, -0.1) is 0 Å². The van der Waals surface area contributed by atoms with E-state index in [1.54, 1.807) is 4.90 Å². The van der Waals surface area contributed by atoms with E-state index in [2.05, 4.69) is 6.07 Å². The van der Waals surface area contributed by atoms with Crippen LogP contribution in [-0.4, -0.2) is 48.6 Å². The number of carboxylic acid groups (broad SMARTS) is 1. The van der Waals surface area contributed by atoms with Gasteiger partial charge in [0.05, 0.1) is 0 Å². The lowest BCUT2D eigenvalue weighted by atomic mass is 10.0. The van der Waals surface area contributed by atoms with E-state index in [-0.39, 0.29) is 5.91 Å². The van der Waals surface area contributed by atoms with Gasteiger partial charge in [-0.05, 0) is 43.4 Å². The molecule has 1 atom stereocenters. The zero-order valence-electron chi connectivity index (χ0n) is 13.3. The summed E-state index contributed by atoms with van der Waals surface area (Å²) in [4.78, 5) is 27.2. The minimum atomic E-state index is -0.886. The molecule has 1 saturated heterocycles. The zero-order chi connectivity index (χ0) is 16.1. The highest BCUT2D eigenvalue weighted by Gasteiger charge is 2.31. The molecule has 0 radical (unpaired) electrons. The van der Waals surface area contributed by atoms with Crippen LogP contribution in [-0.2, 0) is 16.0 Å². The summed E-state index contributed by atoms with van der Waals surface area (Å²) in [5, 5.41) is 9.24. The maximum absolute atomic E-state index is 12.4. The molecule has 1 aliphatic rings. The van der Waals surface area contributed by atoms with Gasteiger partial charge < -0.3 is 14.9 Å². The lowest BCUT2D eigenvalue weighted by molar-refractivity contribution is -0.152. The molecule has 1 fully saturated rings. The summed E-state index contributed by atoms with van der Waals surface area (Å²) >= 11 is 0. The van der Waals surface area contributed by atoms with E-state index >= 15 is 0 Å². The number of aliphatic carboxylic acids is 1. The highest BCUT2D eigenvalue weighted by Crippen LogP contribution is 2.20. The number of nitrogens with zero attached hydrogens (tertiary/aromatic N) is 2. The zero-order valence-corrected chi connectivity index (χ0v) is 13.3. The summed E-state index contributed by atoms with van der Waals surface area (Å²) in [6.07, 6.45) is 3.35. The Hall–Kier alpha value is -2.04. The third kappa shape index (κ3) is 4.00. The van der Waals surface area contributed by atoms with E-state index in [4.69, 9.17) is 0 Å². The van der Waals surface area contributed by atoms with E-state index < -0.39 is 12.0 Å². The molecule has 1 amide bonds. The van der Waals surface area contributed by atoms with Crippen LogP contribution in [0.15, 0.2) is 24.3 Å². The lowest BCUT2D eigenvalue weighted by Gasteiger charge is -2.33. The number of carbonyl (C=O) groups excluding carboxylic acids is 1. The van der Waals surface area contributed by atoms with Gasteiger partial charge in [0.1, 0.15) is 6.04 Å². The summed E-state index contributed by atoms with van der Waals surface area (Å²) in [5.74, 6) is -0.940. The fourth-order valence-electron chi connectivity index (χ4n) is 2.87. The summed E-state index contributed by atoms with van der Waals surface area (Å²) in [5.41, 5.74) is 2.20. The van der Waals surface area contributed by atoms with Crippen molar-refractivity contribution >= 4 is 17.6 Å². The molecule has 1 N–H and O–H groups in total. The Morgan fingerprint density at radius 3 is 2.77 bits per heavy atom. The van der Waals surface area contributed by atoms with Crippen molar-refractivity contribution in [3.8, 4) is 0 Å². The first-order valence-electron chi connectivity index (χ1n) is 7.77. The Balaban J connectivity index is 1.97. The van der Waals surface area contributed by atoms with Gasteiger partial charge in [-0.3, -0.25) is 4.79 Å². The first kappa shape index (κ1) is 16.3. The molecule has 1 aromatic rings. The predicted molar refractivity (Wildman–Crippen MR) is 86.1 cm³/mol. The molecule has 2 rings (SSSR count). The minimum Gasteiger partial charge on any atom is -0.480 e. The Morgan fingerprint density at radius 2 is 2.09 bits per heavy atom. The maximum atomic E-state index is 12.4. The van der Waals surface area contributed by atoms with E-state index in [9.17, 15) is 14.7 Å². The van der Waals surface area contributed by atoms with Crippen molar-refractivity contribution in [1.29, 1.82) is 0 Å². The van der Waals surface area contributed by atoms with Crippen molar-refractivity contribution in [2.45, 2.75) is 38.1 Å². The number of carbonyl (C=O) groups is 2. The van der Waals surface area contributed by atoms with Crippen LogP contribution in [0.25, 0.3) is 0 Å². The molecular formula is C17H24N2O3. The number of carboxylic acids is 1. The van der Waals surface area contributed by atoms with E-state index in [0.29, 0.717) is 25.8 Å². The number of amides is 1. The summed E-state index contributed by atoms with van der Waals surface area (Å²) in [6, 6.07) is 7.44. The van der Waals surface area contributed by atoms with Crippen molar-refractivity contribution in [1.82, 2.24) is 4.90 Å². The lowest BCUT2D eigenvalue weighted by Crippen LogP contribution is -2.48. The molecule has 1 aromatic carbocycles. The standard InChI is InChI=1S/C17H24N2O3/c1-18(2)14-7-5-6-13(12-14)9-10-16(20)19-11-4-3-8-15(19)17(21)22/h5-7,12,15H,3-4,8-11H2,1-2H3,(H,21,22). The smallest absolute Gasteiger partial charge is 0.326 e. The number of aryl methyl sites for hydroxylation is 1. The normalized spacial score (nSPS) is 18.1. The van der Waals surface area contributed by atoms with Crippen molar-refractivity contribution in [2.75, 3.05) is 25.5 Å². The monoisotopic (exact) mass is 304 g/mol. The molecule has 1 unspecified atom stereocenters. The van der Waals surface area contributed by atoms with Crippen molar-refractivity contribution in [3.63, 3.8) is 0 Å². The Morgan fingerprint density at radius 1 is 1.32 bits per heavy atom. The number of hydrogen-bond donors (Lipinski definition) is 1. The first-order valence-corrected chi connectivity index (χ1v) is 7.77. The quantitative estimate of drug-likeness (QED) is 0.905. The van der Waals surface area contributed by atoms with Gasteiger partial charge in [0.15, 0.2) is 0 Å². The van der Waals surface area contributed by atoms with Gasteiger partial charge in [-0.25, -0.2) is 4.79 Å². The fourth-order valence-corrected chi connectivity index (χ4v) is 2.87. The number of rotatable bonds is 5. The molecule has 0 aliphatic carbocycles. The van der Waals surface area contributed by atoms with Crippen LogP contribution in [0.5, 0.6) is 0 Å². The number of anilines is 1. The molecule has 120 valence electrons. The molecule has 1 aliphatic heterocycles. The third-order valence-electron chi connectivity index (χ3n) is 4.16. The second-order valence-electron chi connectivity index (χ2n) is 6.00. The van der Waals surface area contributed by atoms with Crippen molar-refractivity contribution in [2.24, 2.45) is 0 Å². The minimum absolute atomic E-state index is 0.0534. The molecule has 1 heterocycles. The fraction of sp³-hybridized carbons (Fsp3) is 0.529. The third-order valence-corrected chi connectivity index (χ3v) is 4.16. The Bertz CT molecular complexity index is 542. The molecule has 5 nitrogen and oxygen atoms in total. The topological polar surface area (TPSA) is 60.9 Å². The summed E-state index contributed by atoms with van der Waals surface area (Å²) < 4.78 is 0. The second kappa shape index (κ2) is 7.29. The van der Waals surface area contributed by atoms with Crippen molar-refractivity contribution in [3.05, 3.63) is 29.8 Å². The Labute approximate surface area is 131 Å². The average molecular weight is 304 g/mol. The molecule has 5 heteroatoms. The maximum Gasteiger partial charge on any atom is 0.326 e. The summed E-state index contributed by atoms with van der Waals surface area (Å²) in [7, 11) is 3.96. The molecule has 22 heavy (non-hydrogen) atoms. The number of hydrogen-bond acceptors (Lipinski definition) is 3. The highest BCUT2D eigenvalue weighted by molar-refractivity contribution is 5.84. The van der Waals surface area contributed by atoms with Crippen molar-refractivity contribution < 1.29 is 14.7 Å². The summed E-state index contributed by atoms with van der Waals surface area (Å²) in [6.45, 7) is 0.563. The highest BCUT2D eigenvalue weighted by atomic mass is 16.4. The van der Waals surface area contributed by atoms with Crippen LogP contribution in [0.3, 0.4) is 0 Å². The Kier molecular flexibility index (Phi) is 5.41. The number of likely N-dealkylation sites (tertiary alicyclic amines) is 1. The largest absolute Gasteiger partial charge is 0.480 e. The van der Waals surface area contributed by atoms with Gasteiger partial charge in [-0.2, -0.15) is 0 Å². The second-order valence-corrected chi connectivity index (χ2v) is 6.00. The van der Waals surface area contributed by atoms with Gasteiger partial charge in [0.2, 0.25) is 5.91 Å². The van der Waals surface area contributed by atoms with Crippen LogP contribution >= 0.6 is 0 Å². The van der Waals surface area contributed by atoms with E-state index in [1.807, 2.05) is 37.2 Å². The number of benzene rings is 1. The SMILES string of the molecule is CN(C)c1cccc(CCC(=O)N2CCCCC2C(=O)O)c1. The molecule has 0 saturated carbocycles. The molecular weight excluding hydrogens is 280 g/mol. The van der Waals surface area contributed by atoms with Crippen LogP contribution in [0, 0.1) is 0 Å². The molecule has 0 aromatic heterocycles. The van der Waals surface area contributed by atoms with Gasteiger partial charge in [0, 0.05) is 32.7 Å². The molecule has 0 spiro atoms.